The minimum absolute atomic E-state index is 0.782. The van der Waals surface area contributed by atoms with Crippen LogP contribution in [0.1, 0.15) is 5.56 Å². The predicted octanol–water partition coefficient (Wildman–Crippen LogP) is 4.46. The van der Waals surface area contributed by atoms with Crippen molar-refractivity contribution in [2.75, 3.05) is 24.3 Å². The van der Waals surface area contributed by atoms with Gasteiger partial charge in [0.2, 0.25) is 0 Å². The summed E-state index contributed by atoms with van der Waals surface area (Å²) in [5, 5.41) is 4.16. The first-order chi connectivity index (χ1) is 8.58. The van der Waals surface area contributed by atoms with Crippen molar-refractivity contribution < 1.29 is 0 Å². The van der Waals surface area contributed by atoms with Crippen LogP contribution >= 0.6 is 11.6 Å². The summed E-state index contributed by atoms with van der Waals surface area (Å²) in [4.78, 5) is 2.08. The molecular formula is C15H17ClN2. The highest BCUT2D eigenvalue weighted by Gasteiger charge is 2.02. The standard InChI is InChI=1S/C15H17ClN2/c1-11-14(16)5-4-6-15(11)17-12-7-9-13(10-8-12)18(2)3/h4-10,17H,1-3H3. The summed E-state index contributed by atoms with van der Waals surface area (Å²) in [6.07, 6.45) is 0. The molecule has 0 amide bonds. The minimum Gasteiger partial charge on any atom is -0.378 e. The van der Waals surface area contributed by atoms with Gasteiger partial charge in [0.05, 0.1) is 0 Å². The Labute approximate surface area is 113 Å². The highest BCUT2D eigenvalue weighted by Crippen LogP contribution is 2.26. The maximum absolute atomic E-state index is 6.10. The molecule has 2 aromatic carbocycles. The SMILES string of the molecule is Cc1c(Cl)cccc1Nc1ccc(N(C)C)cc1. The lowest BCUT2D eigenvalue weighted by molar-refractivity contribution is 1.13. The van der Waals surface area contributed by atoms with E-state index in [0.29, 0.717) is 0 Å². The van der Waals surface area contributed by atoms with E-state index < -0.39 is 0 Å². The van der Waals surface area contributed by atoms with Crippen LogP contribution in [0.25, 0.3) is 0 Å². The lowest BCUT2D eigenvalue weighted by Crippen LogP contribution is -2.08. The third-order valence-electron chi connectivity index (χ3n) is 2.93. The molecule has 94 valence electrons. The van der Waals surface area contributed by atoms with E-state index in [4.69, 9.17) is 11.6 Å². The van der Waals surface area contributed by atoms with Crippen molar-refractivity contribution in [3.05, 3.63) is 53.1 Å². The number of rotatable bonds is 3. The fraction of sp³-hybridized carbons (Fsp3) is 0.200. The summed E-state index contributed by atoms with van der Waals surface area (Å²) in [5.41, 5.74) is 4.35. The summed E-state index contributed by atoms with van der Waals surface area (Å²) in [7, 11) is 4.06. The van der Waals surface area contributed by atoms with Crippen LogP contribution in [0.3, 0.4) is 0 Å². The van der Waals surface area contributed by atoms with Gasteiger partial charge in [-0.2, -0.15) is 0 Å². The molecule has 0 atom stereocenters. The number of hydrogen-bond donors (Lipinski definition) is 1. The molecule has 2 rings (SSSR count). The van der Waals surface area contributed by atoms with Crippen LogP contribution in [-0.2, 0) is 0 Å². The largest absolute Gasteiger partial charge is 0.378 e. The molecule has 2 nitrogen and oxygen atoms in total. The van der Waals surface area contributed by atoms with E-state index in [1.807, 2.05) is 39.2 Å². The number of anilines is 3. The van der Waals surface area contributed by atoms with Crippen molar-refractivity contribution in [2.24, 2.45) is 0 Å². The highest BCUT2D eigenvalue weighted by molar-refractivity contribution is 6.31. The van der Waals surface area contributed by atoms with Crippen LogP contribution in [0.5, 0.6) is 0 Å². The Bertz CT molecular complexity index is 533. The average Bonchev–Trinajstić information content (AvgIpc) is 2.36. The van der Waals surface area contributed by atoms with Gasteiger partial charge in [-0.1, -0.05) is 17.7 Å². The molecule has 0 saturated carbocycles. The van der Waals surface area contributed by atoms with E-state index in [-0.39, 0.29) is 0 Å². The van der Waals surface area contributed by atoms with Gasteiger partial charge < -0.3 is 10.2 Å². The normalized spacial score (nSPS) is 10.2. The van der Waals surface area contributed by atoms with Crippen molar-refractivity contribution in [3.8, 4) is 0 Å². The lowest BCUT2D eigenvalue weighted by Gasteiger charge is -2.14. The van der Waals surface area contributed by atoms with Gasteiger partial charge in [0.1, 0.15) is 0 Å². The number of hydrogen-bond acceptors (Lipinski definition) is 2. The van der Waals surface area contributed by atoms with Crippen molar-refractivity contribution in [1.29, 1.82) is 0 Å². The molecule has 0 spiro atoms. The van der Waals surface area contributed by atoms with Gasteiger partial charge in [-0.3, -0.25) is 0 Å². The van der Waals surface area contributed by atoms with Crippen LogP contribution in [0, 0.1) is 6.92 Å². The Balaban J connectivity index is 2.21. The molecule has 1 N–H and O–H groups in total. The molecular weight excluding hydrogens is 244 g/mol. The van der Waals surface area contributed by atoms with Gasteiger partial charge >= 0.3 is 0 Å². The van der Waals surface area contributed by atoms with Gasteiger partial charge in [0, 0.05) is 36.2 Å². The smallest absolute Gasteiger partial charge is 0.0455 e. The Morgan fingerprint density at radius 2 is 1.67 bits per heavy atom. The molecule has 0 radical (unpaired) electrons. The number of nitrogens with one attached hydrogen (secondary N) is 1. The molecule has 0 aromatic heterocycles. The number of benzene rings is 2. The third kappa shape index (κ3) is 2.77. The fourth-order valence-electron chi connectivity index (χ4n) is 1.74. The maximum Gasteiger partial charge on any atom is 0.0455 e. The minimum atomic E-state index is 0.782. The fourth-order valence-corrected chi connectivity index (χ4v) is 1.92. The van der Waals surface area contributed by atoms with E-state index in [2.05, 4.69) is 34.5 Å². The predicted molar refractivity (Wildman–Crippen MR) is 80.2 cm³/mol. The van der Waals surface area contributed by atoms with Crippen molar-refractivity contribution in [3.63, 3.8) is 0 Å². The maximum atomic E-state index is 6.10. The van der Waals surface area contributed by atoms with Crippen LogP contribution in [0.4, 0.5) is 17.1 Å². The van der Waals surface area contributed by atoms with E-state index in [9.17, 15) is 0 Å². The van der Waals surface area contributed by atoms with Crippen molar-refractivity contribution >= 4 is 28.7 Å². The third-order valence-corrected chi connectivity index (χ3v) is 3.34. The molecule has 0 fully saturated rings. The topological polar surface area (TPSA) is 15.3 Å². The molecule has 3 heteroatoms. The lowest BCUT2D eigenvalue weighted by atomic mass is 10.2. The summed E-state index contributed by atoms with van der Waals surface area (Å²) < 4.78 is 0. The number of nitrogens with zero attached hydrogens (tertiary/aromatic N) is 1. The highest BCUT2D eigenvalue weighted by atomic mass is 35.5. The molecule has 0 heterocycles. The summed E-state index contributed by atoms with van der Waals surface area (Å²) in [6.45, 7) is 2.01. The van der Waals surface area contributed by atoms with Gasteiger partial charge in [0.15, 0.2) is 0 Å². The summed E-state index contributed by atoms with van der Waals surface area (Å²) in [5.74, 6) is 0. The summed E-state index contributed by atoms with van der Waals surface area (Å²) >= 11 is 6.10. The molecule has 0 aliphatic rings. The van der Waals surface area contributed by atoms with Gasteiger partial charge in [0.25, 0.3) is 0 Å². The first kappa shape index (κ1) is 12.8. The van der Waals surface area contributed by atoms with Crippen molar-refractivity contribution in [1.82, 2.24) is 0 Å². The second-order valence-corrected chi connectivity index (χ2v) is 4.89. The zero-order valence-electron chi connectivity index (χ0n) is 10.9. The molecule has 0 bridgehead atoms. The zero-order chi connectivity index (χ0) is 13.1. The van der Waals surface area contributed by atoms with Crippen LogP contribution < -0.4 is 10.2 Å². The van der Waals surface area contributed by atoms with E-state index in [0.717, 1.165) is 22.0 Å². The zero-order valence-corrected chi connectivity index (χ0v) is 11.6. The monoisotopic (exact) mass is 260 g/mol. The van der Waals surface area contributed by atoms with Gasteiger partial charge in [-0.05, 0) is 48.9 Å². The van der Waals surface area contributed by atoms with Crippen LogP contribution in [-0.4, -0.2) is 14.1 Å². The molecule has 0 aliphatic heterocycles. The van der Waals surface area contributed by atoms with Gasteiger partial charge in [-0.25, -0.2) is 0 Å². The molecule has 18 heavy (non-hydrogen) atoms. The molecule has 0 unspecified atom stereocenters. The Hall–Kier alpha value is -1.67. The Morgan fingerprint density at radius 1 is 1.00 bits per heavy atom. The van der Waals surface area contributed by atoms with E-state index >= 15 is 0 Å². The van der Waals surface area contributed by atoms with Crippen LogP contribution in [0.2, 0.25) is 5.02 Å². The first-order valence-electron chi connectivity index (χ1n) is 5.87. The van der Waals surface area contributed by atoms with Crippen molar-refractivity contribution in [2.45, 2.75) is 6.92 Å². The first-order valence-corrected chi connectivity index (χ1v) is 6.25. The molecule has 0 aliphatic carbocycles. The Morgan fingerprint density at radius 3 is 2.28 bits per heavy atom. The second-order valence-electron chi connectivity index (χ2n) is 4.48. The molecule has 0 saturated heterocycles. The number of halogens is 1. The van der Waals surface area contributed by atoms with E-state index in [1.54, 1.807) is 0 Å². The Kier molecular flexibility index (Phi) is 3.78. The molecule has 2 aromatic rings. The quantitative estimate of drug-likeness (QED) is 0.877. The van der Waals surface area contributed by atoms with Gasteiger partial charge in [-0.15, -0.1) is 0 Å². The van der Waals surface area contributed by atoms with E-state index in [1.165, 1.54) is 5.69 Å². The second kappa shape index (κ2) is 5.32. The average molecular weight is 261 g/mol. The van der Waals surface area contributed by atoms with Crippen LogP contribution in [0.15, 0.2) is 42.5 Å². The summed E-state index contributed by atoms with van der Waals surface area (Å²) in [6, 6.07) is 14.2.